The molecule has 5 nitrogen and oxygen atoms in total. The minimum Gasteiger partial charge on any atom is -0.496 e. The van der Waals surface area contributed by atoms with Crippen molar-refractivity contribution in [2.24, 2.45) is 0 Å². The largest absolute Gasteiger partial charge is 0.496 e. The van der Waals surface area contributed by atoms with Crippen LogP contribution in [0.25, 0.3) is 22.6 Å². The first-order valence-corrected chi connectivity index (χ1v) is 8.15. The number of methoxy groups -OCH3 is 1. The lowest BCUT2D eigenvalue weighted by Crippen LogP contribution is -2.13. The van der Waals surface area contributed by atoms with Crippen molar-refractivity contribution in [1.82, 2.24) is 4.98 Å². The van der Waals surface area contributed by atoms with Gasteiger partial charge in [-0.1, -0.05) is 30.3 Å². The highest BCUT2D eigenvalue weighted by atomic mass is 16.5. The average Bonchev–Trinajstić information content (AvgIpc) is 3.12. The number of nitrogens with one attached hydrogen (secondary N) is 1. The standard InChI is InChI=1S/C21H16N2O3/c1-25-18-10-6-5-9-16(18)20(24)22-15-11-12-19-17(13-15)23-21(26-19)14-7-3-2-4-8-14/h2-13H,1H3,(H,22,24). The second-order valence-corrected chi connectivity index (χ2v) is 5.72. The Kier molecular flexibility index (Phi) is 4.11. The third-order valence-electron chi connectivity index (χ3n) is 4.02. The van der Waals surface area contributed by atoms with Gasteiger partial charge in [-0.15, -0.1) is 0 Å². The summed E-state index contributed by atoms with van der Waals surface area (Å²) in [6.07, 6.45) is 0. The van der Waals surface area contributed by atoms with Crippen LogP contribution in [0.1, 0.15) is 10.4 Å². The van der Waals surface area contributed by atoms with Crippen molar-refractivity contribution in [3.05, 3.63) is 78.4 Å². The molecule has 4 aromatic rings. The Morgan fingerprint density at radius 3 is 2.58 bits per heavy atom. The Morgan fingerprint density at radius 2 is 1.77 bits per heavy atom. The minimum atomic E-state index is -0.242. The second kappa shape index (κ2) is 6.72. The van der Waals surface area contributed by atoms with Gasteiger partial charge < -0.3 is 14.5 Å². The summed E-state index contributed by atoms with van der Waals surface area (Å²) in [5.41, 5.74) is 3.37. The van der Waals surface area contributed by atoms with E-state index in [1.165, 1.54) is 0 Å². The van der Waals surface area contributed by atoms with Gasteiger partial charge >= 0.3 is 0 Å². The Labute approximate surface area is 150 Å². The van der Waals surface area contributed by atoms with E-state index in [9.17, 15) is 4.79 Å². The van der Waals surface area contributed by atoms with Gasteiger partial charge in [-0.25, -0.2) is 4.98 Å². The molecule has 0 saturated carbocycles. The van der Waals surface area contributed by atoms with Crippen LogP contribution in [0.15, 0.2) is 77.2 Å². The maximum absolute atomic E-state index is 12.5. The van der Waals surface area contributed by atoms with Gasteiger partial charge in [0.1, 0.15) is 11.3 Å². The number of amides is 1. The molecule has 0 fully saturated rings. The highest BCUT2D eigenvalue weighted by Gasteiger charge is 2.13. The Morgan fingerprint density at radius 1 is 1.00 bits per heavy atom. The molecular formula is C21H16N2O3. The topological polar surface area (TPSA) is 64.4 Å². The predicted octanol–water partition coefficient (Wildman–Crippen LogP) is 4.76. The molecule has 1 amide bonds. The minimum absolute atomic E-state index is 0.242. The smallest absolute Gasteiger partial charge is 0.259 e. The van der Waals surface area contributed by atoms with E-state index in [-0.39, 0.29) is 5.91 Å². The van der Waals surface area contributed by atoms with Crippen molar-refractivity contribution in [3.63, 3.8) is 0 Å². The van der Waals surface area contributed by atoms with Crippen molar-refractivity contribution < 1.29 is 13.9 Å². The number of oxazole rings is 1. The van der Waals surface area contributed by atoms with Gasteiger partial charge in [0.05, 0.1) is 12.7 Å². The van der Waals surface area contributed by atoms with Gasteiger partial charge in [0.2, 0.25) is 5.89 Å². The zero-order valence-corrected chi connectivity index (χ0v) is 14.1. The van der Waals surface area contributed by atoms with E-state index in [0.29, 0.717) is 34.0 Å². The van der Waals surface area contributed by atoms with Crippen molar-refractivity contribution in [3.8, 4) is 17.2 Å². The first-order valence-electron chi connectivity index (χ1n) is 8.15. The lowest BCUT2D eigenvalue weighted by molar-refractivity contribution is 0.102. The highest BCUT2D eigenvalue weighted by Crippen LogP contribution is 2.26. The number of aromatic nitrogens is 1. The van der Waals surface area contributed by atoms with Crippen molar-refractivity contribution in [2.45, 2.75) is 0 Å². The summed E-state index contributed by atoms with van der Waals surface area (Å²) in [7, 11) is 1.54. The molecule has 0 unspecified atom stereocenters. The number of carbonyl (C=O) groups excluding carboxylic acids is 1. The van der Waals surface area contributed by atoms with Crippen LogP contribution < -0.4 is 10.1 Å². The monoisotopic (exact) mass is 344 g/mol. The molecule has 5 heteroatoms. The van der Waals surface area contributed by atoms with Crippen LogP contribution in [0.3, 0.4) is 0 Å². The van der Waals surface area contributed by atoms with Crippen LogP contribution in [0.2, 0.25) is 0 Å². The number of anilines is 1. The zero-order valence-electron chi connectivity index (χ0n) is 14.1. The summed E-state index contributed by atoms with van der Waals surface area (Å²) < 4.78 is 11.0. The molecule has 1 heterocycles. The van der Waals surface area contributed by atoms with Gasteiger partial charge in [0.25, 0.3) is 5.91 Å². The third kappa shape index (κ3) is 3.02. The molecule has 128 valence electrons. The molecule has 0 atom stereocenters. The van der Waals surface area contributed by atoms with E-state index in [4.69, 9.17) is 9.15 Å². The first kappa shape index (κ1) is 15.9. The molecular weight excluding hydrogens is 328 g/mol. The average molecular weight is 344 g/mol. The summed E-state index contributed by atoms with van der Waals surface area (Å²) in [4.78, 5) is 17.0. The van der Waals surface area contributed by atoms with Gasteiger partial charge in [-0.2, -0.15) is 0 Å². The van der Waals surface area contributed by atoms with E-state index >= 15 is 0 Å². The normalized spacial score (nSPS) is 10.7. The van der Waals surface area contributed by atoms with Gasteiger partial charge in [0, 0.05) is 11.3 Å². The summed E-state index contributed by atoms with van der Waals surface area (Å²) in [6.45, 7) is 0. The molecule has 0 aliphatic heterocycles. The predicted molar refractivity (Wildman–Crippen MR) is 100 cm³/mol. The molecule has 1 aromatic heterocycles. The number of ether oxygens (including phenoxy) is 1. The van der Waals surface area contributed by atoms with Crippen LogP contribution >= 0.6 is 0 Å². The van der Waals surface area contributed by atoms with Crippen LogP contribution in [-0.2, 0) is 0 Å². The number of nitrogens with zero attached hydrogens (tertiary/aromatic N) is 1. The molecule has 3 aromatic carbocycles. The van der Waals surface area contributed by atoms with Crippen LogP contribution in [-0.4, -0.2) is 18.0 Å². The number of rotatable bonds is 4. The quantitative estimate of drug-likeness (QED) is 0.580. The Balaban J connectivity index is 1.62. The molecule has 0 aliphatic carbocycles. The first-order chi connectivity index (χ1) is 12.7. The molecule has 0 aliphatic rings. The molecule has 26 heavy (non-hydrogen) atoms. The van der Waals surface area contributed by atoms with E-state index in [0.717, 1.165) is 5.56 Å². The van der Waals surface area contributed by atoms with Crippen molar-refractivity contribution in [1.29, 1.82) is 0 Å². The fraction of sp³-hybridized carbons (Fsp3) is 0.0476. The lowest BCUT2D eigenvalue weighted by atomic mass is 10.2. The Hall–Kier alpha value is -3.60. The van der Waals surface area contributed by atoms with Gasteiger partial charge in [0.15, 0.2) is 5.58 Å². The summed E-state index contributed by atoms with van der Waals surface area (Å²) in [5.74, 6) is 0.835. The van der Waals surface area contributed by atoms with Crippen LogP contribution in [0.4, 0.5) is 5.69 Å². The van der Waals surface area contributed by atoms with Gasteiger partial charge in [-0.3, -0.25) is 4.79 Å². The fourth-order valence-corrected chi connectivity index (χ4v) is 2.74. The van der Waals surface area contributed by atoms with E-state index < -0.39 is 0 Å². The number of fused-ring (bicyclic) bond motifs is 1. The SMILES string of the molecule is COc1ccccc1C(=O)Nc1ccc2oc(-c3ccccc3)nc2c1. The molecule has 0 radical (unpaired) electrons. The molecule has 0 bridgehead atoms. The van der Waals surface area contributed by atoms with E-state index in [1.54, 1.807) is 43.5 Å². The number of carbonyl (C=O) groups is 1. The van der Waals surface area contributed by atoms with Crippen molar-refractivity contribution in [2.75, 3.05) is 12.4 Å². The van der Waals surface area contributed by atoms with Crippen LogP contribution in [0, 0.1) is 0 Å². The Bertz CT molecular complexity index is 1070. The van der Waals surface area contributed by atoms with E-state index in [2.05, 4.69) is 10.3 Å². The molecule has 1 N–H and O–H groups in total. The number of para-hydroxylation sites is 1. The third-order valence-corrected chi connectivity index (χ3v) is 4.02. The second-order valence-electron chi connectivity index (χ2n) is 5.72. The molecule has 4 rings (SSSR count). The van der Waals surface area contributed by atoms with Gasteiger partial charge in [-0.05, 0) is 42.5 Å². The lowest BCUT2D eigenvalue weighted by Gasteiger charge is -2.08. The fourth-order valence-electron chi connectivity index (χ4n) is 2.74. The highest BCUT2D eigenvalue weighted by molar-refractivity contribution is 6.06. The van der Waals surface area contributed by atoms with Crippen molar-refractivity contribution >= 4 is 22.7 Å². The number of hydrogen-bond acceptors (Lipinski definition) is 4. The summed E-state index contributed by atoms with van der Waals surface area (Å²) in [5, 5.41) is 2.87. The summed E-state index contributed by atoms with van der Waals surface area (Å²) >= 11 is 0. The molecule has 0 saturated heterocycles. The maximum Gasteiger partial charge on any atom is 0.259 e. The zero-order chi connectivity index (χ0) is 17.9. The van der Waals surface area contributed by atoms with E-state index in [1.807, 2.05) is 36.4 Å². The molecule has 0 spiro atoms. The number of benzene rings is 3. The maximum atomic E-state index is 12.5. The number of hydrogen-bond donors (Lipinski definition) is 1. The van der Waals surface area contributed by atoms with Crippen LogP contribution in [0.5, 0.6) is 5.75 Å². The summed E-state index contributed by atoms with van der Waals surface area (Å²) in [6, 6.07) is 22.2.